The highest BCUT2D eigenvalue weighted by Crippen LogP contribution is 2.22. The second-order valence-electron chi connectivity index (χ2n) is 5.64. The van der Waals surface area contributed by atoms with Crippen LogP contribution < -0.4 is 10.3 Å². The normalized spacial score (nSPS) is 12.6. The smallest absolute Gasteiger partial charge is 0.328 e. The molecule has 4 aromatic rings. The second-order valence-corrected chi connectivity index (χ2v) is 5.64. The van der Waals surface area contributed by atoms with Crippen molar-refractivity contribution < 1.29 is 9.15 Å². The van der Waals surface area contributed by atoms with Gasteiger partial charge in [-0.25, -0.2) is 0 Å². The molecule has 2 heterocycles. The summed E-state index contributed by atoms with van der Waals surface area (Å²) < 4.78 is 12.6. The van der Waals surface area contributed by atoms with E-state index in [1.807, 2.05) is 44.2 Å². The molecule has 4 rings (SSSR count). The summed E-state index contributed by atoms with van der Waals surface area (Å²) >= 11 is 0. The van der Waals surface area contributed by atoms with E-state index in [2.05, 4.69) is 10.1 Å². The Labute approximate surface area is 137 Å². The first kappa shape index (κ1) is 14.4. The lowest BCUT2D eigenvalue weighted by Crippen LogP contribution is -2.15. The first-order valence-electron chi connectivity index (χ1n) is 7.63. The van der Waals surface area contributed by atoms with E-state index in [0.717, 1.165) is 5.56 Å². The van der Waals surface area contributed by atoms with Gasteiger partial charge in [-0.05, 0) is 38.1 Å². The van der Waals surface area contributed by atoms with Crippen LogP contribution in [0.25, 0.3) is 16.7 Å². The molecule has 2 aromatic heterocycles. The molecule has 0 saturated heterocycles. The Morgan fingerprint density at radius 3 is 2.67 bits per heavy atom. The van der Waals surface area contributed by atoms with Crippen molar-refractivity contribution >= 4 is 16.7 Å². The van der Waals surface area contributed by atoms with Gasteiger partial charge in [0.15, 0.2) is 6.10 Å². The molecule has 0 aliphatic rings. The van der Waals surface area contributed by atoms with E-state index in [1.54, 1.807) is 18.2 Å². The largest absolute Gasteiger partial charge is 0.481 e. The molecule has 0 fully saturated rings. The van der Waals surface area contributed by atoms with Crippen molar-refractivity contribution in [3.63, 3.8) is 0 Å². The van der Waals surface area contributed by atoms with Gasteiger partial charge in [0, 0.05) is 0 Å². The lowest BCUT2D eigenvalue weighted by molar-refractivity contribution is 0.191. The quantitative estimate of drug-likeness (QED) is 0.579. The van der Waals surface area contributed by atoms with Gasteiger partial charge in [0.2, 0.25) is 0 Å². The fourth-order valence-electron chi connectivity index (χ4n) is 2.51. The number of rotatable bonds is 3. The molecule has 0 aliphatic heterocycles. The van der Waals surface area contributed by atoms with E-state index in [0.29, 0.717) is 22.5 Å². The number of nitrogens with zero attached hydrogens (tertiary/aromatic N) is 3. The van der Waals surface area contributed by atoms with Gasteiger partial charge in [-0.15, -0.1) is 9.61 Å². The number of aromatic nitrogens is 3. The fourth-order valence-corrected chi connectivity index (χ4v) is 2.51. The van der Waals surface area contributed by atoms with Crippen LogP contribution in [0.15, 0.2) is 57.7 Å². The third kappa shape index (κ3) is 2.42. The van der Waals surface area contributed by atoms with Crippen molar-refractivity contribution in [2.45, 2.75) is 20.0 Å². The van der Waals surface area contributed by atoms with Gasteiger partial charge in [0.1, 0.15) is 5.75 Å². The lowest BCUT2D eigenvalue weighted by atomic mass is 10.2. The summed E-state index contributed by atoms with van der Waals surface area (Å²) in [7, 11) is 0. The lowest BCUT2D eigenvalue weighted by Gasteiger charge is -2.10. The van der Waals surface area contributed by atoms with Crippen molar-refractivity contribution in [1.82, 2.24) is 14.6 Å². The third-order valence-corrected chi connectivity index (χ3v) is 3.80. The minimum Gasteiger partial charge on any atom is -0.481 e. The number of hydrogen-bond acceptors (Lipinski definition) is 5. The van der Waals surface area contributed by atoms with E-state index in [9.17, 15) is 4.79 Å². The minimum atomic E-state index is -0.447. The monoisotopic (exact) mass is 321 g/mol. The molecule has 0 saturated carbocycles. The summed E-state index contributed by atoms with van der Waals surface area (Å²) in [5.74, 6) is 1.17. The molecule has 2 aromatic carbocycles. The SMILES string of the molecule is Cc1ccc(OC(C)c2nn3c(=O)c4ccccc4nc3o2)cc1. The van der Waals surface area contributed by atoms with E-state index < -0.39 is 6.10 Å². The zero-order valence-corrected chi connectivity index (χ0v) is 13.3. The Morgan fingerprint density at radius 2 is 1.88 bits per heavy atom. The zero-order chi connectivity index (χ0) is 16.7. The molecule has 0 N–H and O–H groups in total. The molecule has 24 heavy (non-hydrogen) atoms. The molecule has 0 bridgehead atoms. The van der Waals surface area contributed by atoms with E-state index in [-0.39, 0.29) is 11.4 Å². The Kier molecular flexibility index (Phi) is 3.30. The van der Waals surface area contributed by atoms with Crippen LogP contribution in [0, 0.1) is 6.92 Å². The number of ether oxygens (including phenoxy) is 1. The van der Waals surface area contributed by atoms with Crippen molar-refractivity contribution in [3.8, 4) is 5.75 Å². The van der Waals surface area contributed by atoms with Crippen molar-refractivity contribution in [2.24, 2.45) is 0 Å². The highest BCUT2D eigenvalue weighted by molar-refractivity contribution is 5.78. The van der Waals surface area contributed by atoms with Gasteiger partial charge in [-0.1, -0.05) is 29.8 Å². The zero-order valence-electron chi connectivity index (χ0n) is 13.3. The van der Waals surface area contributed by atoms with Crippen LogP contribution in [0.5, 0.6) is 5.75 Å². The Bertz CT molecular complexity index is 1080. The van der Waals surface area contributed by atoms with E-state index in [4.69, 9.17) is 9.15 Å². The van der Waals surface area contributed by atoms with Crippen molar-refractivity contribution in [3.05, 3.63) is 70.3 Å². The maximum absolute atomic E-state index is 12.5. The van der Waals surface area contributed by atoms with Gasteiger partial charge < -0.3 is 9.15 Å². The van der Waals surface area contributed by atoms with Gasteiger partial charge in [-0.2, -0.15) is 4.98 Å². The molecule has 0 spiro atoms. The van der Waals surface area contributed by atoms with E-state index in [1.165, 1.54) is 4.52 Å². The molecule has 1 atom stereocenters. The molecule has 0 amide bonds. The second kappa shape index (κ2) is 5.49. The standard InChI is InChI=1S/C18H15N3O3/c1-11-7-9-13(10-8-11)23-12(2)16-20-21-17(22)14-5-3-4-6-15(14)19-18(21)24-16/h3-10,12H,1-2H3. The Balaban J connectivity index is 1.74. The Morgan fingerprint density at radius 1 is 1.12 bits per heavy atom. The van der Waals surface area contributed by atoms with E-state index >= 15 is 0 Å². The van der Waals surface area contributed by atoms with Crippen molar-refractivity contribution in [1.29, 1.82) is 0 Å². The number of fused-ring (bicyclic) bond motifs is 2. The predicted molar refractivity (Wildman–Crippen MR) is 89.3 cm³/mol. The molecule has 6 heteroatoms. The number of benzene rings is 2. The fraction of sp³-hybridized carbons (Fsp3) is 0.167. The van der Waals surface area contributed by atoms with Gasteiger partial charge >= 0.3 is 5.84 Å². The Hall–Kier alpha value is -3.15. The maximum atomic E-state index is 12.5. The first-order valence-corrected chi connectivity index (χ1v) is 7.63. The molecule has 0 radical (unpaired) electrons. The van der Waals surface area contributed by atoms with Crippen LogP contribution in [-0.4, -0.2) is 14.6 Å². The van der Waals surface area contributed by atoms with Gasteiger partial charge in [-0.3, -0.25) is 4.79 Å². The summed E-state index contributed by atoms with van der Waals surface area (Å²) in [5, 5.41) is 4.73. The van der Waals surface area contributed by atoms with Crippen LogP contribution in [0.4, 0.5) is 0 Å². The molecule has 6 nitrogen and oxygen atoms in total. The molecular formula is C18H15N3O3. The van der Waals surface area contributed by atoms with Crippen molar-refractivity contribution in [2.75, 3.05) is 0 Å². The van der Waals surface area contributed by atoms with Crippen LogP contribution in [0.3, 0.4) is 0 Å². The highest BCUT2D eigenvalue weighted by atomic mass is 16.5. The summed E-state index contributed by atoms with van der Waals surface area (Å²) in [6.45, 7) is 3.83. The third-order valence-electron chi connectivity index (χ3n) is 3.80. The molecular weight excluding hydrogens is 306 g/mol. The number of para-hydroxylation sites is 1. The maximum Gasteiger partial charge on any atom is 0.328 e. The first-order chi connectivity index (χ1) is 11.6. The van der Waals surface area contributed by atoms with Gasteiger partial charge in [0.25, 0.3) is 11.4 Å². The summed E-state index contributed by atoms with van der Waals surface area (Å²) in [4.78, 5) is 16.8. The molecule has 120 valence electrons. The summed E-state index contributed by atoms with van der Waals surface area (Å²) in [6.07, 6.45) is -0.447. The minimum absolute atomic E-state index is 0.160. The summed E-state index contributed by atoms with van der Waals surface area (Å²) in [6, 6.07) is 14.8. The number of hydrogen-bond donors (Lipinski definition) is 0. The average Bonchev–Trinajstić information content (AvgIpc) is 3.02. The molecule has 0 aliphatic carbocycles. The average molecular weight is 321 g/mol. The van der Waals surface area contributed by atoms with Crippen LogP contribution in [-0.2, 0) is 0 Å². The summed E-state index contributed by atoms with van der Waals surface area (Å²) in [5.41, 5.74) is 1.48. The predicted octanol–water partition coefficient (Wildman–Crippen LogP) is 3.28. The topological polar surface area (TPSA) is 69.6 Å². The molecule has 1 unspecified atom stereocenters. The number of aryl methyl sites for hydroxylation is 1. The van der Waals surface area contributed by atoms with Gasteiger partial charge in [0.05, 0.1) is 10.9 Å². The van der Waals surface area contributed by atoms with Crippen LogP contribution in [0.1, 0.15) is 24.5 Å². The highest BCUT2D eigenvalue weighted by Gasteiger charge is 2.18. The van der Waals surface area contributed by atoms with Crippen LogP contribution >= 0.6 is 0 Å². The van der Waals surface area contributed by atoms with Crippen LogP contribution in [0.2, 0.25) is 0 Å².